The summed E-state index contributed by atoms with van der Waals surface area (Å²) < 4.78 is 3.08. The van der Waals surface area contributed by atoms with Crippen LogP contribution in [-0.4, -0.2) is 16.2 Å². The van der Waals surface area contributed by atoms with Crippen molar-refractivity contribution in [3.63, 3.8) is 0 Å². The highest BCUT2D eigenvalue weighted by Crippen LogP contribution is 2.28. The fourth-order valence-corrected chi connectivity index (χ4v) is 3.86. The molecule has 3 aromatic rings. The highest BCUT2D eigenvalue weighted by Gasteiger charge is 2.19. The summed E-state index contributed by atoms with van der Waals surface area (Å²) in [6, 6.07) is 11.7. The van der Waals surface area contributed by atoms with Gasteiger partial charge >= 0.3 is 11.1 Å². The summed E-state index contributed by atoms with van der Waals surface area (Å²) in [7, 11) is 3.54. The molecule has 1 aliphatic carbocycles. The van der Waals surface area contributed by atoms with Crippen LogP contribution in [0.1, 0.15) is 24.0 Å². The highest BCUT2D eigenvalue weighted by atomic mass is 16.2. The molecule has 1 aliphatic rings. The molecule has 25 heavy (non-hydrogen) atoms. The van der Waals surface area contributed by atoms with Crippen molar-refractivity contribution in [2.45, 2.75) is 25.7 Å². The molecule has 1 heterocycles. The van der Waals surface area contributed by atoms with Crippen LogP contribution in [0.15, 0.2) is 46.0 Å². The second-order valence-electron chi connectivity index (χ2n) is 6.58. The number of nitrogens with zero attached hydrogens (tertiary/aromatic N) is 2. The maximum atomic E-state index is 12.8. The predicted molar refractivity (Wildman–Crippen MR) is 101 cm³/mol. The van der Waals surface area contributed by atoms with Crippen LogP contribution in [0.3, 0.4) is 0 Å². The Labute approximate surface area is 145 Å². The van der Waals surface area contributed by atoms with Crippen molar-refractivity contribution < 1.29 is 0 Å². The number of benzene rings is 2. The first-order chi connectivity index (χ1) is 12.1. The molecule has 0 unspecified atom stereocenters. The molecule has 128 valence electrons. The maximum absolute atomic E-state index is 12.8. The molecule has 0 radical (unpaired) electrons. The van der Waals surface area contributed by atoms with Gasteiger partial charge in [0.05, 0.1) is 16.7 Å². The van der Waals surface area contributed by atoms with Crippen molar-refractivity contribution in [2.75, 3.05) is 12.4 Å². The predicted octanol–water partition coefficient (Wildman–Crippen LogP) is 2.61. The van der Waals surface area contributed by atoms with Crippen molar-refractivity contribution in [3.05, 3.63) is 68.2 Å². The van der Waals surface area contributed by atoms with Gasteiger partial charge in [-0.2, -0.15) is 0 Å². The van der Waals surface area contributed by atoms with E-state index in [0.717, 1.165) is 36.0 Å². The van der Waals surface area contributed by atoms with Gasteiger partial charge in [0.15, 0.2) is 0 Å². The molecule has 5 nitrogen and oxygen atoms in total. The maximum Gasteiger partial charge on any atom is 0.321 e. The van der Waals surface area contributed by atoms with Crippen LogP contribution in [-0.2, 0) is 19.9 Å². The van der Waals surface area contributed by atoms with Gasteiger partial charge in [0.25, 0.3) is 0 Å². The fraction of sp³-hybridized carbons (Fsp3) is 0.300. The Morgan fingerprint density at radius 3 is 2.60 bits per heavy atom. The van der Waals surface area contributed by atoms with Crippen molar-refractivity contribution in [1.29, 1.82) is 0 Å². The number of aromatic nitrogens is 2. The molecule has 0 saturated heterocycles. The van der Waals surface area contributed by atoms with E-state index in [0.29, 0.717) is 5.69 Å². The monoisotopic (exact) mass is 335 g/mol. The molecule has 0 atom stereocenters. The molecule has 4 rings (SSSR count). The van der Waals surface area contributed by atoms with Gasteiger partial charge < -0.3 is 9.88 Å². The number of hydrogen-bond acceptors (Lipinski definition) is 3. The Bertz CT molecular complexity index is 1090. The van der Waals surface area contributed by atoms with E-state index in [1.165, 1.54) is 22.1 Å². The lowest BCUT2D eigenvalue weighted by molar-refractivity contribution is 0.683. The number of anilines is 1. The Balaban J connectivity index is 2.14. The summed E-state index contributed by atoms with van der Waals surface area (Å²) in [5.74, 6) is 0. The summed E-state index contributed by atoms with van der Waals surface area (Å²) in [5.41, 5.74) is 4.79. The quantitative estimate of drug-likeness (QED) is 0.733. The van der Waals surface area contributed by atoms with Gasteiger partial charge in [-0.3, -0.25) is 14.2 Å². The van der Waals surface area contributed by atoms with Gasteiger partial charge in [-0.25, -0.2) is 0 Å². The molecule has 2 aromatic carbocycles. The Morgan fingerprint density at radius 1 is 1.00 bits per heavy atom. The fourth-order valence-electron chi connectivity index (χ4n) is 3.86. The molecule has 0 saturated carbocycles. The molecule has 5 heteroatoms. The van der Waals surface area contributed by atoms with E-state index in [1.54, 1.807) is 11.6 Å². The second-order valence-corrected chi connectivity index (χ2v) is 6.58. The van der Waals surface area contributed by atoms with Gasteiger partial charge in [-0.15, -0.1) is 0 Å². The minimum atomic E-state index is -0.515. The van der Waals surface area contributed by atoms with Crippen molar-refractivity contribution >= 4 is 16.7 Å². The van der Waals surface area contributed by atoms with Crippen molar-refractivity contribution in [2.24, 2.45) is 7.05 Å². The van der Waals surface area contributed by atoms with E-state index < -0.39 is 11.1 Å². The standard InChI is InChI=1S/C20H21N3O2/c1-21-14-7-5-8-15(12-14)23-17-11-10-13-6-3-4-9-16(13)18(17)22(2)19(24)20(23)25/h5,7-8,10-12,21H,3-4,6,9H2,1-2H3. The smallest absolute Gasteiger partial charge is 0.321 e. The minimum absolute atomic E-state index is 0.485. The van der Waals surface area contributed by atoms with Crippen LogP contribution < -0.4 is 16.4 Å². The number of aryl methyl sites for hydroxylation is 3. The zero-order chi connectivity index (χ0) is 17.6. The second kappa shape index (κ2) is 5.92. The van der Waals surface area contributed by atoms with Gasteiger partial charge in [-0.1, -0.05) is 12.1 Å². The summed E-state index contributed by atoms with van der Waals surface area (Å²) in [4.78, 5) is 25.4. The van der Waals surface area contributed by atoms with E-state index >= 15 is 0 Å². The molecule has 0 spiro atoms. The normalized spacial score (nSPS) is 13.7. The van der Waals surface area contributed by atoms with Crippen LogP contribution in [0.25, 0.3) is 16.7 Å². The molecule has 0 aliphatic heterocycles. The molecule has 0 fully saturated rings. The highest BCUT2D eigenvalue weighted by molar-refractivity contribution is 5.82. The average Bonchev–Trinajstić information content (AvgIpc) is 2.66. The molecule has 0 bridgehead atoms. The average molecular weight is 335 g/mol. The third kappa shape index (κ3) is 2.38. The lowest BCUT2D eigenvalue weighted by Gasteiger charge is -2.21. The van der Waals surface area contributed by atoms with E-state index in [4.69, 9.17) is 0 Å². The van der Waals surface area contributed by atoms with Crippen molar-refractivity contribution in [3.8, 4) is 5.69 Å². The Kier molecular flexibility index (Phi) is 3.71. The first-order valence-corrected chi connectivity index (χ1v) is 8.66. The topological polar surface area (TPSA) is 56.0 Å². The third-order valence-corrected chi connectivity index (χ3v) is 5.14. The van der Waals surface area contributed by atoms with Crippen LogP contribution in [0.2, 0.25) is 0 Å². The van der Waals surface area contributed by atoms with Gasteiger partial charge in [0, 0.05) is 19.8 Å². The minimum Gasteiger partial charge on any atom is -0.388 e. The van der Waals surface area contributed by atoms with Crippen LogP contribution in [0.5, 0.6) is 0 Å². The lowest BCUT2D eigenvalue weighted by atomic mass is 9.90. The Hall–Kier alpha value is -2.82. The first kappa shape index (κ1) is 15.7. The number of nitrogens with one attached hydrogen (secondary N) is 1. The molecular formula is C20H21N3O2. The number of fused-ring (bicyclic) bond motifs is 3. The Morgan fingerprint density at radius 2 is 1.80 bits per heavy atom. The summed E-state index contributed by atoms with van der Waals surface area (Å²) in [6.45, 7) is 0. The number of hydrogen-bond donors (Lipinski definition) is 1. The lowest BCUT2D eigenvalue weighted by Crippen LogP contribution is -2.40. The molecule has 1 aromatic heterocycles. The molecular weight excluding hydrogens is 314 g/mol. The largest absolute Gasteiger partial charge is 0.388 e. The summed E-state index contributed by atoms with van der Waals surface area (Å²) in [6.07, 6.45) is 4.29. The van der Waals surface area contributed by atoms with E-state index in [1.807, 2.05) is 37.4 Å². The van der Waals surface area contributed by atoms with E-state index in [9.17, 15) is 9.59 Å². The van der Waals surface area contributed by atoms with Gasteiger partial charge in [-0.05, 0) is 61.1 Å². The number of rotatable bonds is 2. The zero-order valence-electron chi connectivity index (χ0n) is 14.5. The van der Waals surface area contributed by atoms with Crippen LogP contribution >= 0.6 is 0 Å². The van der Waals surface area contributed by atoms with E-state index in [2.05, 4.69) is 11.4 Å². The zero-order valence-corrected chi connectivity index (χ0v) is 14.5. The van der Waals surface area contributed by atoms with Crippen LogP contribution in [0.4, 0.5) is 5.69 Å². The van der Waals surface area contributed by atoms with Crippen LogP contribution in [0, 0.1) is 0 Å². The summed E-state index contributed by atoms with van der Waals surface area (Å²) >= 11 is 0. The van der Waals surface area contributed by atoms with Crippen molar-refractivity contribution in [1.82, 2.24) is 9.13 Å². The third-order valence-electron chi connectivity index (χ3n) is 5.14. The molecule has 1 N–H and O–H groups in total. The van der Waals surface area contributed by atoms with E-state index in [-0.39, 0.29) is 0 Å². The first-order valence-electron chi connectivity index (χ1n) is 8.66. The molecule has 0 amide bonds. The summed E-state index contributed by atoms with van der Waals surface area (Å²) in [5, 5.41) is 3.08. The SMILES string of the molecule is CNc1cccc(-n2c(=O)c(=O)n(C)c3c4c(ccc32)CCCC4)c1. The van der Waals surface area contributed by atoms with Gasteiger partial charge in [0.2, 0.25) is 0 Å². The van der Waals surface area contributed by atoms with Gasteiger partial charge in [0.1, 0.15) is 0 Å².